The van der Waals surface area contributed by atoms with E-state index in [0.29, 0.717) is 19.7 Å². The molecule has 1 aromatic carbocycles. The molecule has 0 saturated carbocycles. The number of hydrogen-bond acceptors (Lipinski definition) is 3. The monoisotopic (exact) mass is 340 g/mol. The molecule has 2 aromatic rings. The van der Waals surface area contributed by atoms with Crippen LogP contribution in [-0.4, -0.2) is 35.7 Å². The van der Waals surface area contributed by atoms with Crippen molar-refractivity contribution in [2.75, 3.05) is 24.6 Å². The molecule has 0 aliphatic carbocycles. The number of hydrogen-bond donors (Lipinski definition) is 2. The van der Waals surface area contributed by atoms with Crippen LogP contribution in [0.2, 0.25) is 0 Å². The first-order valence-electron chi connectivity index (χ1n) is 8.74. The topological polar surface area (TPSA) is 70.2 Å². The van der Waals surface area contributed by atoms with Crippen LogP contribution >= 0.6 is 0 Å². The SMILES string of the molecule is CCCNC(=O)N(CC)c1ccc2c(c1)C(=Cc1cnc[nH]1)CCO2. The highest BCUT2D eigenvalue weighted by molar-refractivity contribution is 5.93. The maximum absolute atomic E-state index is 12.4. The number of fused-ring (bicyclic) bond motifs is 1. The van der Waals surface area contributed by atoms with Crippen LogP contribution in [0.15, 0.2) is 30.7 Å². The van der Waals surface area contributed by atoms with Gasteiger partial charge in [0.1, 0.15) is 5.75 Å². The van der Waals surface area contributed by atoms with E-state index in [1.54, 1.807) is 17.4 Å². The molecule has 1 aliphatic heterocycles. The number of ether oxygens (including phenoxy) is 1. The Hall–Kier alpha value is -2.76. The minimum atomic E-state index is -0.0693. The Morgan fingerprint density at radius 2 is 2.32 bits per heavy atom. The van der Waals surface area contributed by atoms with Gasteiger partial charge >= 0.3 is 6.03 Å². The van der Waals surface area contributed by atoms with Crippen molar-refractivity contribution < 1.29 is 9.53 Å². The van der Waals surface area contributed by atoms with Crippen molar-refractivity contribution >= 4 is 23.4 Å². The first-order chi connectivity index (χ1) is 12.2. The van der Waals surface area contributed by atoms with Crippen LogP contribution in [0.1, 0.15) is 37.9 Å². The maximum atomic E-state index is 12.4. The van der Waals surface area contributed by atoms with E-state index >= 15 is 0 Å². The molecule has 0 fully saturated rings. The van der Waals surface area contributed by atoms with Gasteiger partial charge in [0, 0.05) is 30.8 Å². The fourth-order valence-electron chi connectivity index (χ4n) is 2.92. The lowest BCUT2D eigenvalue weighted by atomic mass is 9.98. The van der Waals surface area contributed by atoms with Gasteiger partial charge in [-0.1, -0.05) is 6.92 Å². The summed E-state index contributed by atoms with van der Waals surface area (Å²) in [5, 5.41) is 2.94. The van der Waals surface area contributed by atoms with Crippen molar-refractivity contribution in [2.45, 2.75) is 26.7 Å². The number of aromatic nitrogens is 2. The lowest BCUT2D eigenvalue weighted by Crippen LogP contribution is -2.40. The van der Waals surface area contributed by atoms with Gasteiger partial charge in [0.2, 0.25) is 0 Å². The van der Waals surface area contributed by atoms with E-state index in [2.05, 4.69) is 21.4 Å². The first-order valence-corrected chi connectivity index (χ1v) is 8.74. The summed E-state index contributed by atoms with van der Waals surface area (Å²) in [6, 6.07) is 5.85. The number of imidazole rings is 1. The van der Waals surface area contributed by atoms with Gasteiger partial charge in [-0.3, -0.25) is 4.90 Å². The second-order valence-corrected chi connectivity index (χ2v) is 5.93. The highest BCUT2D eigenvalue weighted by Gasteiger charge is 2.20. The smallest absolute Gasteiger partial charge is 0.321 e. The number of urea groups is 1. The number of amides is 2. The molecule has 0 spiro atoms. The molecule has 0 bridgehead atoms. The third-order valence-corrected chi connectivity index (χ3v) is 4.19. The van der Waals surface area contributed by atoms with E-state index in [1.807, 2.05) is 32.0 Å². The van der Waals surface area contributed by atoms with E-state index < -0.39 is 0 Å². The van der Waals surface area contributed by atoms with Crippen molar-refractivity contribution in [3.05, 3.63) is 42.0 Å². The standard InChI is InChI=1S/C19H24N4O2/c1-3-8-21-19(24)23(4-2)16-5-6-18-17(11-16)14(7-9-25-18)10-15-12-20-13-22-15/h5-6,10-13H,3-4,7-9H2,1-2H3,(H,20,22)(H,21,24). The zero-order chi connectivity index (χ0) is 17.6. The lowest BCUT2D eigenvalue weighted by Gasteiger charge is -2.25. The molecule has 0 radical (unpaired) electrons. The van der Waals surface area contributed by atoms with Crippen LogP contribution in [0.4, 0.5) is 10.5 Å². The summed E-state index contributed by atoms with van der Waals surface area (Å²) in [7, 11) is 0. The molecular formula is C19H24N4O2. The molecule has 3 rings (SSSR count). The summed E-state index contributed by atoms with van der Waals surface area (Å²) < 4.78 is 5.78. The molecule has 6 nitrogen and oxygen atoms in total. The number of aromatic amines is 1. The minimum Gasteiger partial charge on any atom is -0.493 e. The van der Waals surface area contributed by atoms with Gasteiger partial charge in [0.15, 0.2) is 0 Å². The van der Waals surface area contributed by atoms with Crippen LogP contribution in [0.25, 0.3) is 11.6 Å². The van der Waals surface area contributed by atoms with Crippen LogP contribution in [0.3, 0.4) is 0 Å². The Morgan fingerprint density at radius 3 is 3.04 bits per heavy atom. The van der Waals surface area contributed by atoms with Crippen molar-refractivity contribution in [3.63, 3.8) is 0 Å². The predicted octanol–water partition coefficient (Wildman–Crippen LogP) is 3.68. The van der Waals surface area contributed by atoms with E-state index in [0.717, 1.165) is 35.5 Å². The van der Waals surface area contributed by atoms with Gasteiger partial charge in [-0.25, -0.2) is 9.78 Å². The molecule has 1 aromatic heterocycles. The van der Waals surface area contributed by atoms with Gasteiger partial charge in [-0.15, -0.1) is 0 Å². The minimum absolute atomic E-state index is 0.0693. The second kappa shape index (κ2) is 7.88. The predicted molar refractivity (Wildman–Crippen MR) is 99.7 cm³/mol. The summed E-state index contributed by atoms with van der Waals surface area (Å²) in [6.07, 6.45) is 7.29. The van der Waals surface area contributed by atoms with E-state index in [4.69, 9.17) is 4.74 Å². The third kappa shape index (κ3) is 3.84. The van der Waals surface area contributed by atoms with Gasteiger partial charge < -0.3 is 15.0 Å². The quantitative estimate of drug-likeness (QED) is 0.872. The summed E-state index contributed by atoms with van der Waals surface area (Å²) in [4.78, 5) is 21.3. The maximum Gasteiger partial charge on any atom is 0.321 e. The van der Waals surface area contributed by atoms with Crippen LogP contribution in [0.5, 0.6) is 5.75 Å². The van der Waals surface area contributed by atoms with Crippen LogP contribution in [-0.2, 0) is 0 Å². The Bertz CT molecular complexity index is 753. The number of rotatable bonds is 5. The Balaban J connectivity index is 1.92. The number of nitrogens with one attached hydrogen (secondary N) is 2. The molecule has 0 atom stereocenters. The molecule has 2 N–H and O–H groups in total. The molecule has 25 heavy (non-hydrogen) atoms. The Morgan fingerprint density at radius 1 is 1.44 bits per heavy atom. The molecular weight excluding hydrogens is 316 g/mol. The summed E-state index contributed by atoms with van der Waals surface area (Å²) in [5.74, 6) is 0.853. The summed E-state index contributed by atoms with van der Waals surface area (Å²) in [6.45, 7) is 5.95. The van der Waals surface area contributed by atoms with Gasteiger partial charge in [0.05, 0.1) is 24.8 Å². The highest BCUT2D eigenvalue weighted by atomic mass is 16.5. The van der Waals surface area contributed by atoms with Crippen LogP contribution in [0, 0.1) is 0 Å². The average molecular weight is 340 g/mol. The van der Waals surface area contributed by atoms with Crippen molar-refractivity contribution in [2.24, 2.45) is 0 Å². The van der Waals surface area contributed by atoms with E-state index in [1.165, 1.54) is 5.57 Å². The number of benzene rings is 1. The number of anilines is 1. The number of nitrogens with zero attached hydrogens (tertiary/aromatic N) is 2. The van der Waals surface area contributed by atoms with E-state index in [-0.39, 0.29) is 6.03 Å². The fraction of sp³-hybridized carbons (Fsp3) is 0.368. The van der Waals surface area contributed by atoms with Crippen molar-refractivity contribution in [1.82, 2.24) is 15.3 Å². The van der Waals surface area contributed by atoms with Crippen molar-refractivity contribution in [3.8, 4) is 5.75 Å². The summed E-state index contributed by atoms with van der Waals surface area (Å²) in [5.41, 5.74) is 4.04. The molecule has 132 valence electrons. The molecule has 6 heteroatoms. The Kier molecular flexibility index (Phi) is 5.38. The zero-order valence-electron chi connectivity index (χ0n) is 14.7. The molecule has 0 saturated heterocycles. The third-order valence-electron chi connectivity index (χ3n) is 4.19. The normalized spacial score (nSPS) is 14.7. The van der Waals surface area contributed by atoms with Crippen molar-refractivity contribution in [1.29, 1.82) is 0 Å². The summed E-state index contributed by atoms with van der Waals surface area (Å²) >= 11 is 0. The first kappa shape index (κ1) is 17.1. The Labute approximate surface area is 147 Å². The molecule has 2 heterocycles. The number of H-pyrrole nitrogens is 1. The largest absolute Gasteiger partial charge is 0.493 e. The van der Waals surface area contributed by atoms with Gasteiger partial charge in [0.25, 0.3) is 0 Å². The van der Waals surface area contributed by atoms with Gasteiger partial charge in [-0.2, -0.15) is 0 Å². The van der Waals surface area contributed by atoms with Gasteiger partial charge in [-0.05, 0) is 43.2 Å². The molecule has 0 unspecified atom stereocenters. The average Bonchev–Trinajstić information content (AvgIpc) is 3.14. The van der Waals surface area contributed by atoms with Crippen LogP contribution < -0.4 is 15.0 Å². The number of carbonyl (C=O) groups is 1. The lowest BCUT2D eigenvalue weighted by molar-refractivity contribution is 0.246. The number of carbonyl (C=O) groups excluding carboxylic acids is 1. The second-order valence-electron chi connectivity index (χ2n) is 5.93. The highest BCUT2D eigenvalue weighted by Crippen LogP contribution is 2.36. The zero-order valence-corrected chi connectivity index (χ0v) is 14.7. The fourth-order valence-corrected chi connectivity index (χ4v) is 2.92. The molecule has 2 amide bonds. The van der Waals surface area contributed by atoms with E-state index in [9.17, 15) is 4.79 Å². The molecule has 1 aliphatic rings.